The summed E-state index contributed by atoms with van der Waals surface area (Å²) in [5.41, 5.74) is 0.265. The van der Waals surface area contributed by atoms with Gasteiger partial charge in [0.25, 0.3) is 5.91 Å². The van der Waals surface area contributed by atoms with Gasteiger partial charge >= 0.3 is 6.18 Å². The number of rotatable bonds is 8. The van der Waals surface area contributed by atoms with Crippen LogP contribution in [0.15, 0.2) is 30.3 Å². The molecule has 1 fully saturated rings. The Labute approximate surface area is 152 Å². The van der Waals surface area contributed by atoms with E-state index < -0.39 is 18.1 Å². The fourth-order valence-corrected chi connectivity index (χ4v) is 3.44. The summed E-state index contributed by atoms with van der Waals surface area (Å²) in [6.45, 7) is 2.57. The first-order valence-corrected chi connectivity index (χ1v) is 9.11. The maximum Gasteiger partial charge on any atom is 0.410 e. The summed E-state index contributed by atoms with van der Waals surface area (Å²) in [6, 6.07) is 6.14. The van der Waals surface area contributed by atoms with Gasteiger partial charge in [0.05, 0.1) is 12.6 Å². The second-order valence-corrected chi connectivity index (χ2v) is 6.63. The van der Waals surface area contributed by atoms with Crippen molar-refractivity contribution >= 4 is 5.91 Å². The second-order valence-electron chi connectivity index (χ2n) is 6.63. The van der Waals surface area contributed by atoms with Crippen LogP contribution in [0.3, 0.4) is 0 Å². The number of nitrogens with zero attached hydrogens (tertiary/aromatic N) is 2. The molecule has 7 heteroatoms. The molecule has 1 aromatic carbocycles. The van der Waals surface area contributed by atoms with Crippen molar-refractivity contribution in [1.82, 2.24) is 10.0 Å². The van der Waals surface area contributed by atoms with Gasteiger partial charge in [0.15, 0.2) is 0 Å². The van der Waals surface area contributed by atoms with Crippen LogP contribution in [0.5, 0.6) is 0 Å². The lowest BCUT2D eigenvalue weighted by molar-refractivity contribution is -0.213. The van der Waals surface area contributed by atoms with E-state index in [1.807, 2.05) is 6.92 Å². The number of carbonyl (C=O) groups excluding carboxylic acids is 1. The molecule has 1 aliphatic rings. The fourth-order valence-electron chi connectivity index (χ4n) is 3.44. The van der Waals surface area contributed by atoms with Crippen molar-refractivity contribution < 1.29 is 22.7 Å². The van der Waals surface area contributed by atoms with Gasteiger partial charge in [-0.2, -0.15) is 13.2 Å². The minimum absolute atomic E-state index is 0.102. The Morgan fingerprint density at radius 1 is 1.35 bits per heavy atom. The van der Waals surface area contributed by atoms with Crippen molar-refractivity contribution in [3.8, 4) is 0 Å². The van der Waals surface area contributed by atoms with Crippen LogP contribution in [0.25, 0.3) is 0 Å². The third kappa shape index (κ3) is 4.98. The number of benzene rings is 1. The predicted octanol–water partition coefficient (Wildman–Crippen LogP) is 4.28. The van der Waals surface area contributed by atoms with Gasteiger partial charge in [-0.3, -0.25) is 9.80 Å². The number of amides is 1. The van der Waals surface area contributed by atoms with Gasteiger partial charge < -0.3 is 4.74 Å². The van der Waals surface area contributed by atoms with Crippen molar-refractivity contribution in [2.45, 2.75) is 57.3 Å². The highest BCUT2D eigenvalue weighted by molar-refractivity contribution is 5.94. The quantitative estimate of drug-likeness (QED) is 0.683. The molecule has 0 spiro atoms. The molecule has 0 bridgehead atoms. The van der Waals surface area contributed by atoms with E-state index in [0.29, 0.717) is 32.4 Å². The topological polar surface area (TPSA) is 32.8 Å². The molecule has 0 saturated carbocycles. The highest BCUT2D eigenvalue weighted by Gasteiger charge is 2.49. The number of unbranched alkanes of at least 4 members (excludes halogenated alkanes) is 1. The summed E-state index contributed by atoms with van der Waals surface area (Å²) in [5, 5.41) is 2.54. The third-order valence-corrected chi connectivity index (χ3v) is 4.71. The van der Waals surface area contributed by atoms with Crippen molar-refractivity contribution in [3.05, 3.63) is 35.9 Å². The lowest BCUT2D eigenvalue weighted by Crippen LogP contribution is -2.59. The molecule has 1 saturated heterocycles. The predicted molar refractivity (Wildman–Crippen MR) is 93.6 cm³/mol. The fraction of sp³-hybridized carbons (Fsp3) is 0.632. The van der Waals surface area contributed by atoms with Crippen molar-refractivity contribution in [1.29, 1.82) is 0 Å². The van der Waals surface area contributed by atoms with Crippen LogP contribution in [0, 0.1) is 0 Å². The van der Waals surface area contributed by atoms with Crippen LogP contribution in [0.1, 0.15) is 49.4 Å². The van der Waals surface area contributed by atoms with Gasteiger partial charge in [0, 0.05) is 19.2 Å². The van der Waals surface area contributed by atoms with E-state index in [1.54, 1.807) is 35.3 Å². The maximum atomic E-state index is 13.9. The largest absolute Gasteiger partial charge is 0.410 e. The van der Waals surface area contributed by atoms with Gasteiger partial charge in [-0.1, -0.05) is 38.0 Å². The van der Waals surface area contributed by atoms with E-state index in [-0.39, 0.29) is 18.0 Å². The number of alkyl halides is 3. The van der Waals surface area contributed by atoms with Gasteiger partial charge in [-0.15, -0.1) is 0 Å². The molecule has 1 amide bonds. The van der Waals surface area contributed by atoms with E-state index in [9.17, 15) is 18.0 Å². The van der Waals surface area contributed by atoms with Gasteiger partial charge in [-0.25, -0.2) is 5.01 Å². The van der Waals surface area contributed by atoms with E-state index in [1.165, 1.54) is 7.11 Å². The standard InChI is InChI=1S/C19H27F3N2O2/c1-3-4-12-17(19(20,21)22)24(18(25)15-9-6-5-7-10-15)23-13-8-11-16(23)14-26-2/h5-7,9-10,16-17H,3-4,8,11-14H2,1-2H3/t16-,17+/m0/s1. The average molecular weight is 372 g/mol. The molecular weight excluding hydrogens is 345 g/mol. The monoisotopic (exact) mass is 372 g/mol. The number of halogens is 3. The smallest absolute Gasteiger partial charge is 0.383 e. The SMILES string of the molecule is CCCC[C@@H](N(C(=O)c1ccccc1)N1CCC[C@H]1COC)C(F)(F)F. The average Bonchev–Trinajstić information content (AvgIpc) is 3.06. The van der Waals surface area contributed by atoms with Crippen LogP contribution in [0.4, 0.5) is 13.2 Å². The Kier molecular flexibility index (Phi) is 7.46. The highest BCUT2D eigenvalue weighted by atomic mass is 19.4. The number of hydrogen-bond donors (Lipinski definition) is 0. The molecule has 0 radical (unpaired) electrons. The molecule has 0 N–H and O–H groups in total. The molecule has 1 aromatic rings. The van der Waals surface area contributed by atoms with Gasteiger partial charge in [0.2, 0.25) is 0 Å². The molecule has 4 nitrogen and oxygen atoms in total. The summed E-state index contributed by atoms with van der Waals surface area (Å²) in [5.74, 6) is -0.605. The second kappa shape index (κ2) is 9.37. The number of hydrogen-bond acceptors (Lipinski definition) is 3. The van der Waals surface area contributed by atoms with Crippen molar-refractivity contribution in [2.24, 2.45) is 0 Å². The molecule has 146 valence electrons. The molecular formula is C19H27F3N2O2. The first kappa shape index (κ1) is 20.7. The Bertz CT molecular complexity index is 566. The Balaban J connectivity index is 2.40. The summed E-state index contributed by atoms with van der Waals surface area (Å²) in [7, 11) is 1.53. The minimum atomic E-state index is -4.49. The summed E-state index contributed by atoms with van der Waals surface area (Å²) >= 11 is 0. The minimum Gasteiger partial charge on any atom is -0.383 e. The van der Waals surface area contributed by atoms with Gasteiger partial charge in [0.1, 0.15) is 6.04 Å². The van der Waals surface area contributed by atoms with Crippen molar-refractivity contribution in [2.75, 3.05) is 20.3 Å². The molecule has 2 rings (SSSR count). The number of carbonyl (C=O) groups is 1. The molecule has 26 heavy (non-hydrogen) atoms. The number of ether oxygens (including phenoxy) is 1. The Hall–Kier alpha value is -1.60. The first-order valence-electron chi connectivity index (χ1n) is 9.11. The summed E-state index contributed by atoms with van der Waals surface area (Å²) < 4.78 is 46.8. The highest BCUT2D eigenvalue weighted by Crippen LogP contribution is 2.34. The van der Waals surface area contributed by atoms with E-state index in [0.717, 1.165) is 11.4 Å². The zero-order valence-electron chi connectivity index (χ0n) is 15.3. The van der Waals surface area contributed by atoms with Crippen LogP contribution in [0.2, 0.25) is 0 Å². The zero-order valence-corrected chi connectivity index (χ0v) is 15.3. The van der Waals surface area contributed by atoms with Crippen LogP contribution >= 0.6 is 0 Å². The number of methoxy groups -OCH3 is 1. The molecule has 0 aromatic heterocycles. The molecule has 0 unspecified atom stereocenters. The summed E-state index contributed by atoms with van der Waals surface area (Å²) in [4.78, 5) is 13.1. The van der Waals surface area contributed by atoms with E-state index >= 15 is 0 Å². The van der Waals surface area contributed by atoms with E-state index in [2.05, 4.69) is 0 Å². The summed E-state index contributed by atoms with van der Waals surface area (Å²) in [6.07, 6.45) is -2.09. The first-order chi connectivity index (χ1) is 12.4. The number of hydrazine groups is 1. The molecule has 2 atom stereocenters. The lowest BCUT2D eigenvalue weighted by atomic mass is 10.1. The van der Waals surface area contributed by atoms with Crippen LogP contribution in [-0.2, 0) is 4.74 Å². The third-order valence-electron chi connectivity index (χ3n) is 4.71. The van der Waals surface area contributed by atoms with Crippen LogP contribution < -0.4 is 0 Å². The molecule has 1 heterocycles. The maximum absolute atomic E-state index is 13.9. The lowest BCUT2D eigenvalue weighted by Gasteiger charge is -2.42. The molecule has 0 aliphatic carbocycles. The normalized spacial score (nSPS) is 19.5. The Morgan fingerprint density at radius 2 is 2.04 bits per heavy atom. The van der Waals surface area contributed by atoms with Crippen LogP contribution in [-0.4, -0.2) is 54.4 Å². The Morgan fingerprint density at radius 3 is 2.62 bits per heavy atom. The van der Waals surface area contributed by atoms with Gasteiger partial charge in [-0.05, 0) is 31.4 Å². The van der Waals surface area contributed by atoms with E-state index in [4.69, 9.17) is 4.74 Å². The molecule has 1 aliphatic heterocycles. The zero-order chi connectivity index (χ0) is 19.2. The van der Waals surface area contributed by atoms with Crippen molar-refractivity contribution in [3.63, 3.8) is 0 Å².